The summed E-state index contributed by atoms with van der Waals surface area (Å²) in [5.74, 6) is -1.27. The standard InChI is InChI=1S/C18H13BrFNO3S/c1-2-24-18(23)16-8-10-7-12(4-6-15(10)25-16)21-17(22)13-9-11(20)3-5-14(13)19/h3-9H,2H2,1H3,(H,21,22). The fourth-order valence-corrected chi connectivity index (χ4v) is 3.66. The average Bonchev–Trinajstić information content (AvgIpc) is 3.00. The Hall–Kier alpha value is -2.25. The van der Waals surface area contributed by atoms with Gasteiger partial charge in [0.05, 0.1) is 12.2 Å². The Bertz CT molecular complexity index is 970. The fourth-order valence-electron chi connectivity index (χ4n) is 2.29. The van der Waals surface area contributed by atoms with Crippen LogP contribution in [0.3, 0.4) is 0 Å². The first-order chi connectivity index (χ1) is 12.0. The van der Waals surface area contributed by atoms with Gasteiger partial charge in [0, 0.05) is 14.9 Å². The molecule has 0 saturated heterocycles. The molecule has 0 radical (unpaired) electrons. The minimum atomic E-state index is -0.485. The zero-order valence-electron chi connectivity index (χ0n) is 13.1. The van der Waals surface area contributed by atoms with Crippen LogP contribution in [-0.2, 0) is 4.74 Å². The van der Waals surface area contributed by atoms with Crippen molar-refractivity contribution >= 4 is 54.9 Å². The highest BCUT2D eigenvalue weighted by Crippen LogP contribution is 2.29. The first-order valence-corrected chi connectivity index (χ1v) is 9.06. The number of thiophene rings is 1. The van der Waals surface area contributed by atoms with Gasteiger partial charge in [-0.05, 0) is 70.7 Å². The molecular formula is C18H13BrFNO3S. The molecule has 0 aliphatic heterocycles. The van der Waals surface area contributed by atoms with Crippen molar-refractivity contribution in [3.63, 3.8) is 0 Å². The summed E-state index contributed by atoms with van der Waals surface area (Å²) in [4.78, 5) is 24.7. The second kappa shape index (κ2) is 7.33. The molecular weight excluding hydrogens is 409 g/mol. The molecule has 4 nitrogen and oxygen atoms in total. The molecule has 0 bridgehead atoms. The van der Waals surface area contributed by atoms with Crippen LogP contribution in [0.15, 0.2) is 46.9 Å². The van der Waals surface area contributed by atoms with E-state index in [1.54, 1.807) is 25.1 Å². The number of rotatable bonds is 4. The number of benzene rings is 2. The van der Waals surface area contributed by atoms with Crippen molar-refractivity contribution in [3.05, 3.63) is 63.2 Å². The third-order valence-corrected chi connectivity index (χ3v) is 5.21. The van der Waals surface area contributed by atoms with Gasteiger partial charge in [-0.25, -0.2) is 9.18 Å². The van der Waals surface area contributed by atoms with Crippen LogP contribution in [0.1, 0.15) is 27.0 Å². The summed E-state index contributed by atoms with van der Waals surface area (Å²) in [7, 11) is 0. The lowest BCUT2D eigenvalue weighted by Crippen LogP contribution is -2.12. The van der Waals surface area contributed by atoms with Crippen molar-refractivity contribution in [3.8, 4) is 0 Å². The summed E-state index contributed by atoms with van der Waals surface area (Å²) in [6.45, 7) is 2.07. The molecule has 128 valence electrons. The summed E-state index contributed by atoms with van der Waals surface area (Å²) < 4.78 is 19.8. The maximum atomic E-state index is 13.4. The summed E-state index contributed by atoms with van der Waals surface area (Å²) in [6.07, 6.45) is 0. The number of carbonyl (C=O) groups excluding carboxylic acids is 2. The van der Waals surface area contributed by atoms with Crippen molar-refractivity contribution in [1.82, 2.24) is 0 Å². The van der Waals surface area contributed by atoms with Gasteiger partial charge in [-0.3, -0.25) is 4.79 Å². The van der Waals surface area contributed by atoms with E-state index in [4.69, 9.17) is 4.74 Å². The topological polar surface area (TPSA) is 55.4 Å². The zero-order valence-corrected chi connectivity index (χ0v) is 15.5. The molecule has 1 heterocycles. The molecule has 0 aliphatic carbocycles. The van der Waals surface area contributed by atoms with Crippen molar-refractivity contribution in [1.29, 1.82) is 0 Å². The normalized spacial score (nSPS) is 10.7. The molecule has 0 unspecified atom stereocenters. The molecule has 25 heavy (non-hydrogen) atoms. The predicted molar refractivity (Wildman–Crippen MR) is 99.8 cm³/mol. The minimum absolute atomic E-state index is 0.206. The SMILES string of the molecule is CCOC(=O)c1cc2cc(NC(=O)c3cc(F)ccc3Br)ccc2s1. The highest BCUT2D eigenvalue weighted by molar-refractivity contribution is 9.10. The van der Waals surface area contributed by atoms with Crippen LogP contribution >= 0.6 is 27.3 Å². The molecule has 3 aromatic rings. The molecule has 1 aromatic heterocycles. The number of esters is 1. The second-order valence-corrected chi connectivity index (χ2v) is 7.10. The Kier molecular flexibility index (Phi) is 5.15. The third kappa shape index (κ3) is 3.88. The van der Waals surface area contributed by atoms with Crippen molar-refractivity contribution in [2.75, 3.05) is 11.9 Å². The molecule has 1 N–H and O–H groups in total. The number of hydrogen-bond acceptors (Lipinski definition) is 4. The largest absolute Gasteiger partial charge is 0.462 e. The van der Waals surface area contributed by atoms with E-state index >= 15 is 0 Å². The van der Waals surface area contributed by atoms with Gasteiger partial charge in [-0.1, -0.05) is 0 Å². The fraction of sp³-hybridized carbons (Fsp3) is 0.111. The average molecular weight is 422 g/mol. The molecule has 7 heteroatoms. The van der Waals surface area contributed by atoms with E-state index in [1.165, 1.54) is 29.5 Å². The van der Waals surface area contributed by atoms with E-state index < -0.39 is 11.7 Å². The smallest absolute Gasteiger partial charge is 0.348 e. The Labute approximate surface area is 155 Å². The van der Waals surface area contributed by atoms with E-state index in [0.717, 1.165) is 10.1 Å². The number of fused-ring (bicyclic) bond motifs is 1. The summed E-state index contributed by atoms with van der Waals surface area (Å²) >= 11 is 4.57. The molecule has 1 amide bonds. The van der Waals surface area contributed by atoms with Crippen LogP contribution in [0.4, 0.5) is 10.1 Å². The Morgan fingerprint density at radius 2 is 2.00 bits per heavy atom. The van der Waals surface area contributed by atoms with Crippen LogP contribution in [0.2, 0.25) is 0 Å². The van der Waals surface area contributed by atoms with Crippen LogP contribution < -0.4 is 5.32 Å². The quantitative estimate of drug-likeness (QED) is 0.586. The van der Waals surface area contributed by atoms with E-state index in [2.05, 4.69) is 21.2 Å². The first-order valence-electron chi connectivity index (χ1n) is 7.45. The lowest BCUT2D eigenvalue weighted by molar-refractivity contribution is 0.0532. The highest BCUT2D eigenvalue weighted by atomic mass is 79.9. The number of amides is 1. The van der Waals surface area contributed by atoms with Crippen LogP contribution in [0.5, 0.6) is 0 Å². The predicted octanol–water partition coefficient (Wildman–Crippen LogP) is 5.23. The van der Waals surface area contributed by atoms with E-state index in [9.17, 15) is 14.0 Å². The van der Waals surface area contributed by atoms with Gasteiger partial charge in [0.15, 0.2) is 0 Å². The van der Waals surface area contributed by atoms with Crippen molar-refractivity contribution in [2.24, 2.45) is 0 Å². The summed E-state index contributed by atoms with van der Waals surface area (Å²) in [5, 5.41) is 3.56. The lowest BCUT2D eigenvalue weighted by Gasteiger charge is -2.07. The van der Waals surface area contributed by atoms with Crippen molar-refractivity contribution in [2.45, 2.75) is 6.92 Å². The van der Waals surface area contributed by atoms with Crippen molar-refractivity contribution < 1.29 is 18.7 Å². The minimum Gasteiger partial charge on any atom is -0.462 e. The molecule has 0 atom stereocenters. The first kappa shape index (κ1) is 17.6. The van der Waals surface area contributed by atoms with Gasteiger partial charge >= 0.3 is 5.97 Å². The maximum Gasteiger partial charge on any atom is 0.348 e. The number of halogens is 2. The van der Waals surface area contributed by atoms with E-state index in [0.29, 0.717) is 21.6 Å². The highest BCUT2D eigenvalue weighted by Gasteiger charge is 2.14. The number of nitrogens with one attached hydrogen (secondary N) is 1. The van der Waals surface area contributed by atoms with E-state index in [1.807, 2.05) is 6.07 Å². The number of anilines is 1. The van der Waals surface area contributed by atoms with E-state index in [-0.39, 0.29) is 11.5 Å². The summed E-state index contributed by atoms with van der Waals surface area (Å²) in [6, 6.07) is 11.0. The number of carbonyl (C=O) groups is 2. The monoisotopic (exact) mass is 421 g/mol. The second-order valence-electron chi connectivity index (χ2n) is 5.16. The van der Waals surface area contributed by atoms with Gasteiger partial charge < -0.3 is 10.1 Å². The van der Waals surface area contributed by atoms with Gasteiger partial charge in [-0.2, -0.15) is 0 Å². The van der Waals surface area contributed by atoms with Gasteiger partial charge in [0.2, 0.25) is 0 Å². The Morgan fingerprint density at radius 3 is 2.76 bits per heavy atom. The van der Waals surface area contributed by atoms with Crippen LogP contribution in [0, 0.1) is 5.82 Å². The molecule has 3 rings (SSSR count). The molecule has 0 aliphatic rings. The third-order valence-electron chi connectivity index (χ3n) is 3.42. The molecule has 2 aromatic carbocycles. The number of ether oxygens (including phenoxy) is 1. The number of hydrogen-bond donors (Lipinski definition) is 1. The van der Waals surface area contributed by atoms with Gasteiger partial charge in [0.25, 0.3) is 5.91 Å². The lowest BCUT2D eigenvalue weighted by atomic mass is 10.2. The van der Waals surface area contributed by atoms with Gasteiger partial charge in [-0.15, -0.1) is 11.3 Å². The molecule has 0 spiro atoms. The Balaban J connectivity index is 1.85. The van der Waals surface area contributed by atoms with Crippen LogP contribution in [-0.4, -0.2) is 18.5 Å². The Morgan fingerprint density at radius 1 is 1.20 bits per heavy atom. The maximum absolute atomic E-state index is 13.4. The van der Waals surface area contributed by atoms with Crippen LogP contribution in [0.25, 0.3) is 10.1 Å². The van der Waals surface area contributed by atoms with Gasteiger partial charge in [0.1, 0.15) is 10.7 Å². The zero-order chi connectivity index (χ0) is 18.0. The summed E-state index contributed by atoms with van der Waals surface area (Å²) in [5.41, 5.74) is 0.763. The molecule has 0 fully saturated rings. The molecule has 0 saturated carbocycles.